The smallest absolute Gasteiger partial charge is 0.325 e. The molecule has 2 nitrogen and oxygen atoms in total. The molecule has 8 heteroatoms. The minimum atomic E-state index is -4.39. The first kappa shape index (κ1) is 18.6. The Morgan fingerprint density at radius 1 is 1.17 bits per heavy atom. The van der Waals surface area contributed by atoms with E-state index < -0.39 is 17.6 Å². The molecule has 0 unspecified atom stereocenters. The van der Waals surface area contributed by atoms with Crippen LogP contribution in [-0.2, 0) is 16.7 Å². The van der Waals surface area contributed by atoms with E-state index in [2.05, 4.69) is 5.32 Å². The van der Waals surface area contributed by atoms with Crippen LogP contribution in [0.4, 0.5) is 23.2 Å². The number of amides is 1. The van der Waals surface area contributed by atoms with Gasteiger partial charge in [-0.25, -0.2) is 4.39 Å². The van der Waals surface area contributed by atoms with Gasteiger partial charge in [0.1, 0.15) is 5.82 Å². The Hall–Kier alpha value is -1.73. The Kier molecular flexibility index (Phi) is 6.12. The first-order valence-electron chi connectivity index (χ1n) is 6.74. The quantitative estimate of drug-likeness (QED) is 0.710. The maximum atomic E-state index is 13.0. The molecule has 0 aliphatic carbocycles. The van der Waals surface area contributed by atoms with Crippen LogP contribution in [0.5, 0.6) is 0 Å². The molecule has 2 rings (SSSR count). The van der Waals surface area contributed by atoms with E-state index in [4.69, 9.17) is 11.6 Å². The van der Waals surface area contributed by atoms with Crippen molar-refractivity contribution in [1.82, 2.24) is 0 Å². The molecule has 0 radical (unpaired) electrons. The number of carbonyl (C=O) groups excluding carboxylic acids is 1. The fraction of sp³-hybridized carbons (Fsp3) is 0.188. The number of nitrogens with one attached hydrogen (secondary N) is 1. The van der Waals surface area contributed by atoms with Gasteiger partial charge >= 0.3 is 6.18 Å². The predicted molar refractivity (Wildman–Crippen MR) is 87.6 cm³/mol. The van der Waals surface area contributed by atoms with Gasteiger partial charge in [0.05, 0.1) is 16.3 Å². The molecule has 0 bridgehead atoms. The Bertz CT molecular complexity index is 736. The highest BCUT2D eigenvalue weighted by atomic mass is 35.5. The molecular weight excluding hydrogens is 366 g/mol. The second-order valence-electron chi connectivity index (χ2n) is 4.87. The van der Waals surface area contributed by atoms with Gasteiger partial charge in [-0.2, -0.15) is 13.2 Å². The van der Waals surface area contributed by atoms with Crippen LogP contribution in [-0.4, -0.2) is 11.7 Å². The van der Waals surface area contributed by atoms with Crippen molar-refractivity contribution in [3.05, 3.63) is 64.4 Å². The number of carbonyl (C=O) groups is 1. The Morgan fingerprint density at radius 2 is 1.92 bits per heavy atom. The SMILES string of the molecule is O=C(CSCc1cccc(C(F)(F)F)c1)Nc1ccc(F)c(Cl)c1. The maximum Gasteiger partial charge on any atom is 0.416 e. The molecular formula is C16H12ClF4NOS. The summed E-state index contributed by atoms with van der Waals surface area (Å²) >= 11 is 6.78. The van der Waals surface area contributed by atoms with Crippen LogP contribution in [0.2, 0.25) is 5.02 Å². The highest BCUT2D eigenvalue weighted by molar-refractivity contribution is 7.99. The number of halogens is 5. The van der Waals surface area contributed by atoms with E-state index in [1.807, 2.05) is 0 Å². The van der Waals surface area contributed by atoms with Gasteiger partial charge in [-0.05, 0) is 29.8 Å². The molecule has 1 amide bonds. The maximum absolute atomic E-state index is 13.0. The molecule has 0 heterocycles. The van der Waals surface area contributed by atoms with Gasteiger partial charge in [0.25, 0.3) is 0 Å². The minimum absolute atomic E-state index is 0.0469. The zero-order valence-electron chi connectivity index (χ0n) is 12.2. The molecule has 0 atom stereocenters. The first-order chi connectivity index (χ1) is 11.3. The molecule has 0 saturated carbocycles. The van der Waals surface area contributed by atoms with E-state index in [1.165, 1.54) is 30.0 Å². The summed E-state index contributed by atoms with van der Waals surface area (Å²) < 4.78 is 50.9. The number of alkyl halides is 3. The van der Waals surface area contributed by atoms with Crippen molar-refractivity contribution in [2.75, 3.05) is 11.1 Å². The lowest BCUT2D eigenvalue weighted by atomic mass is 10.1. The second-order valence-corrected chi connectivity index (χ2v) is 6.26. The second kappa shape index (κ2) is 7.90. The average molecular weight is 378 g/mol. The highest BCUT2D eigenvalue weighted by Crippen LogP contribution is 2.30. The standard InChI is InChI=1S/C16H12ClF4NOS/c17-13-7-12(4-5-14(13)18)22-15(23)9-24-8-10-2-1-3-11(6-10)16(19,20)21/h1-7H,8-9H2,(H,22,23). The molecule has 128 valence electrons. The molecule has 2 aromatic rings. The fourth-order valence-corrected chi connectivity index (χ4v) is 2.83. The Labute approximate surface area is 145 Å². The topological polar surface area (TPSA) is 29.1 Å². The van der Waals surface area contributed by atoms with Crippen LogP contribution in [0, 0.1) is 5.82 Å². The zero-order chi connectivity index (χ0) is 17.7. The van der Waals surface area contributed by atoms with Gasteiger partial charge in [0, 0.05) is 11.4 Å². The number of rotatable bonds is 5. The van der Waals surface area contributed by atoms with Crippen LogP contribution < -0.4 is 5.32 Å². The number of anilines is 1. The van der Waals surface area contributed by atoms with Crippen molar-refractivity contribution in [2.24, 2.45) is 0 Å². The van der Waals surface area contributed by atoms with Crippen LogP contribution in [0.3, 0.4) is 0 Å². The van der Waals surface area contributed by atoms with Crippen molar-refractivity contribution in [3.63, 3.8) is 0 Å². The van der Waals surface area contributed by atoms with Crippen LogP contribution in [0.25, 0.3) is 0 Å². The molecule has 24 heavy (non-hydrogen) atoms. The molecule has 0 aliphatic heterocycles. The van der Waals surface area contributed by atoms with E-state index in [0.717, 1.165) is 18.2 Å². The highest BCUT2D eigenvalue weighted by Gasteiger charge is 2.30. The van der Waals surface area contributed by atoms with E-state index >= 15 is 0 Å². The third kappa shape index (κ3) is 5.42. The van der Waals surface area contributed by atoms with Crippen molar-refractivity contribution in [1.29, 1.82) is 0 Å². The van der Waals surface area contributed by atoms with E-state index in [1.54, 1.807) is 6.07 Å². The minimum Gasteiger partial charge on any atom is -0.325 e. The van der Waals surface area contributed by atoms with Gasteiger partial charge in [-0.3, -0.25) is 4.79 Å². The van der Waals surface area contributed by atoms with Gasteiger partial charge in [0.2, 0.25) is 5.91 Å². The van der Waals surface area contributed by atoms with Crippen LogP contribution >= 0.6 is 23.4 Å². The number of hydrogen-bond acceptors (Lipinski definition) is 2. The summed E-state index contributed by atoms with van der Waals surface area (Å²) in [5.74, 6) is -0.629. The molecule has 0 spiro atoms. The zero-order valence-corrected chi connectivity index (χ0v) is 13.7. The van der Waals surface area contributed by atoms with Crippen molar-refractivity contribution in [3.8, 4) is 0 Å². The Balaban J connectivity index is 1.85. The Morgan fingerprint density at radius 3 is 2.58 bits per heavy atom. The molecule has 0 fully saturated rings. The molecule has 2 aromatic carbocycles. The van der Waals surface area contributed by atoms with Gasteiger partial charge in [-0.15, -0.1) is 11.8 Å². The fourth-order valence-electron chi connectivity index (χ4n) is 1.87. The predicted octanol–water partition coefficient (Wildman–Crippen LogP) is 5.37. The summed E-state index contributed by atoms with van der Waals surface area (Å²) in [4.78, 5) is 11.8. The van der Waals surface area contributed by atoms with Crippen LogP contribution in [0.15, 0.2) is 42.5 Å². The summed E-state index contributed by atoms with van der Waals surface area (Å²) in [5, 5.41) is 2.43. The van der Waals surface area contributed by atoms with E-state index in [0.29, 0.717) is 11.3 Å². The van der Waals surface area contributed by atoms with Crippen molar-refractivity contribution < 1.29 is 22.4 Å². The largest absolute Gasteiger partial charge is 0.416 e. The van der Waals surface area contributed by atoms with Gasteiger partial charge < -0.3 is 5.32 Å². The van der Waals surface area contributed by atoms with E-state index in [-0.39, 0.29) is 22.4 Å². The molecule has 0 aromatic heterocycles. The third-order valence-electron chi connectivity index (χ3n) is 2.96. The lowest BCUT2D eigenvalue weighted by Gasteiger charge is -2.09. The number of thioether (sulfide) groups is 1. The normalized spacial score (nSPS) is 11.4. The molecule has 1 N–H and O–H groups in total. The number of benzene rings is 2. The van der Waals surface area contributed by atoms with Gasteiger partial charge in [-0.1, -0.05) is 29.8 Å². The summed E-state index contributed by atoms with van der Waals surface area (Å²) in [5.41, 5.74) is 0.115. The molecule has 0 aliphatic rings. The molecule has 0 saturated heterocycles. The van der Waals surface area contributed by atoms with Crippen LogP contribution in [0.1, 0.15) is 11.1 Å². The van der Waals surface area contributed by atoms with Gasteiger partial charge in [0.15, 0.2) is 0 Å². The van der Waals surface area contributed by atoms with Crippen molar-refractivity contribution >= 4 is 35.0 Å². The average Bonchev–Trinajstić information content (AvgIpc) is 2.50. The lowest BCUT2D eigenvalue weighted by molar-refractivity contribution is -0.137. The number of hydrogen-bond donors (Lipinski definition) is 1. The lowest BCUT2D eigenvalue weighted by Crippen LogP contribution is -2.14. The summed E-state index contributed by atoms with van der Waals surface area (Å²) in [6.07, 6.45) is -4.39. The summed E-state index contributed by atoms with van der Waals surface area (Å²) in [6, 6.07) is 8.75. The first-order valence-corrected chi connectivity index (χ1v) is 8.28. The van der Waals surface area contributed by atoms with E-state index in [9.17, 15) is 22.4 Å². The van der Waals surface area contributed by atoms with Crippen molar-refractivity contribution in [2.45, 2.75) is 11.9 Å². The summed E-state index contributed by atoms with van der Waals surface area (Å²) in [7, 11) is 0. The summed E-state index contributed by atoms with van der Waals surface area (Å²) in [6.45, 7) is 0. The monoisotopic (exact) mass is 377 g/mol. The third-order valence-corrected chi connectivity index (χ3v) is 4.25.